The van der Waals surface area contributed by atoms with Gasteiger partial charge in [0.2, 0.25) is 11.8 Å². The first-order chi connectivity index (χ1) is 14.3. The van der Waals surface area contributed by atoms with Crippen LogP contribution in [0.25, 0.3) is 0 Å². The molecule has 2 heterocycles. The van der Waals surface area contributed by atoms with Gasteiger partial charge in [-0.3, -0.25) is 4.79 Å². The van der Waals surface area contributed by atoms with E-state index in [9.17, 15) is 9.59 Å². The molecule has 1 aliphatic heterocycles. The fourth-order valence-corrected chi connectivity index (χ4v) is 7.46. The fourth-order valence-electron chi connectivity index (χ4n) is 5.74. The molecular weight excluding hydrogens is 422 g/mol. The Morgan fingerprint density at radius 1 is 1.43 bits per heavy atom. The van der Waals surface area contributed by atoms with E-state index in [1.807, 2.05) is 4.90 Å². The average molecular weight is 454 g/mol. The van der Waals surface area contributed by atoms with Gasteiger partial charge in [-0.25, -0.2) is 4.79 Å². The molecule has 3 aliphatic carbocycles. The molecule has 9 heteroatoms. The molecule has 30 heavy (non-hydrogen) atoms. The number of aromatic nitrogens is 1. The standard InChI is InChI=1S/C21H31N3O4S2/c1-21(2)13-4-6-16(15(21)10-13)23(3)11-14-5-7-18(25)24(14)8-9-29-19-22-17(12-30-19)28-20(26)27/h12-16H,4-11H2,1-3H3,(H,26,27)/t13-,14+,15+,16+/m0/s1. The third-order valence-electron chi connectivity index (χ3n) is 7.55. The van der Waals surface area contributed by atoms with Crippen molar-refractivity contribution in [3.8, 4) is 5.88 Å². The molecule has 4 aliphatic rings. The number of amides is 1. The molecule has 0 unspecified atom stereocenters. The van der Waals surface area contributed by atoms with Gasteiger partial charge < -0.3 is 19.6 Å². The van der Waals surface area contributed by atoms with Crippen LogP contribution in [0.4, 0.5) is 4.79 Å². The van der Waals surface area contributed by atoms with Gasteiger partial charge in [0.05, 0.1) is 5.38 Å². The van der Waals surface area contributed by atoms with E-state index in [0.29, 0.717) is 24.4 Å². The summed E-state index contributed by atoms with van der Waals surface area (Å²) in [5.41, 5.74) is 0.468. The van der Waals surface area contributed by atoms with Crippen molar-refractivity contribution in [3.05, 3.63) is 5.38 Å². The third-order valence-corrected chi connectivity index (χ3v) is 9.53. The SMILES string of the molecule is CN(C[C@H]1CCC(=O)N1CCSc1nc(OC(=O)O)cs1)[C@@H]1CC[C@H]2C[C@H]1C2(C)C. The van der Waals surface area contributed by atoms with Crippen LogP contribution in [0.2, 0.25) is 0 Å². The number of hydrogen-bond donors (Lipinski definition) is 1. The number of likely N-dealkylation sites (tertiary alicyclic amines) is 1. The number of carbonyl (C=O) groups is 2. The number of carboxylic acid groups (broad SMARTS) is 1. The van der Waals surface area contributed by atoms with Crippen LogP contribution in [0.5, 0.6) is 5.88 Å². The largest absolute Gasteiger partial charge is 0.512 e. The predicted molar refractivity (Wildman–Crippen MR) is 117 cm³/mol. The van der Waals surface area contributed by atoms with Crippen LogP contribution >= 0.6 is 23.1 Å². The Morgan fingerprint density at radius 3 is 2.93 bits per heavy atom. The van der Waals surface area contributed by atoms with Crippen molar-refractivity contribution in [1.82, 2.24) is 14.8 Å². The van der Waals surface area contributed by atoms with Crippen LogP contribution in [0.1, 0.15) is 46.0 Å². The zero-order valence-corrected chi connectivity index (χ0v) is 19.5. The first-order valence-electron chi connectivity index (χ1n) is 10.7. The molecule has 4 atom stereocenters. The molecule has 1 aromatic rings. The minimum atomic E-state index is -1.36. The van der Waals surface area contributed by atoms with Crippen LogP contribution in [0.15, 0.2) is 9.72 Å². The van der Waals surface area contributed by atoms with Gasteiger partial charge in [-0.15, -0.1) is 11.3 Å². The lowest BCUT2D eigenvalue weighted by Crippen LogP contribution is -2.60. The Bertz CT molecular complexity index is 797. The fraction of sp³-hybridized carbons (Fsp3) is 0.762. The summed E-state index contributed by atoms with van der Waals surface area (Å²) in [5.74, 6) is 2.79. The van der Waals surface area contributed by atoms with Gasteiger partial charge in [-0.2, -0.15) is 4.98 Å². The van der Waals surface area contributed by atoms with Crippen LogP contribution in [-0.2, 0) is 4.79 Å². The van der Waals surface area contributed by atoms with Crippen LogP contribution in [-0.4, -0.2) is 69.9 Å². The van der Waals surface area contributed by atoms with Crippen LogP contribution in [0.3, 0.4) is 0 Å². The van der Waals surface area contributed by atoms with Crippen molar-refractivity contribution in [1.29, 1.82) is 0 Å². The molecule has 5 rings (SSSR count). The zero-order chi connectivity index (χ0) is 21.5. The molecule has 4 fully saturated rings. The number of ether oxygens (including phenoxy) is 1. The summed E-state index contributed by atoms with van der Waals surface area (Å²) >= 11 is 2.90. The maximum absolute atomic E-state index is 12.5. The van der Waals surface area contributed by atoms with Crippen molar-refractivity contribution in [2.75, 3.05) is 25.9 Å². The first-order valence-corrected chi connectivity index (χ1v) is 12.6. The van der Waals surface area contributed by atoms with Crippen molar-refractivity contribution < 1.29 is 19.4 Å². The summed E-state index contributed by atoms with van der Waals surface area (Å²) in [4.78, 5) is 31.8. The van der Waals surface area contributed by atoms with E-state index in [0.717, 1.165) is 34.9 Å². The highest BCUT2D eigenvalue weighted by molar-refractivity contribution is 8.01. The first kappa shape index (κ1) is 21.9. The highest BCUT2D eigenvalue weighted by Gasteiger charge is 2.55. The van der Waals surface area contributed by atoms with E-state index in [2.05, 4.69) is 35.5 Å². The van der Waals surface area contributed by atoms with Crippen molar-refractivity contribution in [3.63, 3.8) is 0 Å². The van der Waals surface area contributed by atoms with E-state index in [1.54, 1.807) is 5.38 Å². The van der Waals surface area contributed by atoms with Gasteiger partial charge in [0, 0.05) is 37.3 Å². The van der Waals surface area contributed by atoms with Gasteiger partial charge in [0.15, 0.2) is 4.34 Å². The van der Waals surface area contributed by atoms with Crippen molar-refractivity contribution in [2.24, 2.45) is 17.3 Å². The number of thioether (sulfide) groups is 1. The molecular formula is C21H31N3O4S2. The van der Waals surface area contributed by atoms with Gasteiger partial charge >= 0.3 is 6.16 Å². The number of thiazole rings is 1. The van der Waals surface area contributed by atoms with E-state index in [4.69, 9.17) is 5.11 Å². The normalized spacial score (nSPS) is 29.9. The Hall–Kier alpha value is -1.32. The van der Waals surface area contributed by atoms with E-state index >= 15 is 0 Å². The zero-order valence-electron chi connectivity index (χ0n) is 17.9. The monoisotopic (exact) mass is 453 g/mol. The molecule has 0 radical (unpaired) electrons. The van der Waals surface area contributed by atoms with Crippen LogP contribution < -0.4 is 4.74 Å². The smallest absolute Gasteiger partial charge is 0.449 e. The van der Waals surface area contributed by atoms with Gasteiger partial charge in [-0.05, 0) is 50.0 Å². The highest BCUT2D eigenvalue weighted by atomic mass is 32.2. The molecule has 3 saturated carbocycles. The maximum atomic E-state index is 12.5. The number of hydrogen-bond acceptors (Lipinski definition) is 7. The molecule has 7 nitrogen and oxygen atoms in total. The summed E-state index contributed by atoms with van der Waals surface area (Å²) in [7, 11) is 2.24. The molecule has 0 spiro atoms. The van der Waals surface area contributed by atoms with Crippen LogP contribution in [0, 0.1) is 17.3 Å². The molecule has 1 amide bonds. The summed E-state index contributed by atoms with van der Waals surface area (Å²) in [5, 5.41) is 10.2. The number of fused-ring (bicyclic) bond motifs is 2. The van der Waals surface area contributed by atoms with Gasteiger partial charge in [0.25, 0.3) is 0 Å². The Morgan fingerprint density at radius 2 is 2.23 bits per heavy atom. The van der Waals surface area contributed by atoms with Gasteiger partial charge in [0.1, 0.15) is 0 Å². The average Bonchev–Trinajstić information content (AvgIpc) is 3.28. The Kier molecular flexibility index (Phi) is 6.33. The third kappa shape index (κ3) is 4.34. The van der Waals surface area contributed by atoms with E-state index in [-0.39, 0.29) is 17.8 Å². The predicted octanol–water partition coefficient (Wildman–Crippen LogP) is 4.04. The molecule has 2 bridgehead atoms. The highest BCUT2D eigenvalue weighted by Crippen LogP contribution is 2.60. The number of nitrogens with zero attached hydrogens (tertiary/aromatic N) is 3. The summed E-state index contributed by atoms with van der Waals surface area (Å²) in [6, 6.07) is 0.922. The minimum absolute atomic E-state index is 0.111. The van der Waals surface area contributed by atoms with Gasteiger partial charge in [-0.1, -0.05) is 25.6 Å². The molecule has 1 N–H and O–H groups in total. The lowest BCUT2D eigenvalue weighted by molar-refractivity contribution is -0.130. The second-order valence-electron chi connectivity index (χ2n) is 9.39. The Balaban J connectivity index is 1.28. The minimum Gasteiger partial charge on any atom is -0.449 e. The molecule has 0 aromatic carbocycles. The number of carbonyl (C=O) groups excluding carboxylic acids is 1. The second-order valence-corrected chi connectivity index (χ2v) is 11.6. The maximum Gasteiger partial charge on any atom is 0.512 e. The topological polar surface area (TPSA) is 83.0 Å². The van der Waals surface area contributed by atoms with Crippen molar-refractivity contribution in [2.45, 2.75) is 62.4 Å². The van der Waals surface area contributed by atoms with E-state index in [1.165, 1.54) is 42.4 Å². The number of likely N-dealkylation sites (N-methyl/N-ethyl adjacent to an activating group) is 1. The molecule has 1 aromatic heterocycles. The van der Waals surface area contributed by atoms with E-state index < -0.39 is 6.16 Å². The second kappa shape index (κ2) is 8.67. The summed E-state index contributed by atoms with van der Waals surface area (Å²) in [6.45, 7) is 6.50. The lowest BCUT2D eigenvalue weighted by atomic mass is 9.47. The lowest BCUT2D eigenvalue weighted by Gasteiger charge is -2.61. The van der Waals surface area contributed by atoms with Crippen molar-refractivity contribution >= 4 is 35.2 Å². The molecule has 1 saturated heterocycles. The quantitative estimate of drug-likeness (QED) is 0.470. The summed E-state index contributed by atoms with van der Waals surface area (Å²) in [6.07, 6.45) is 4.21. The molecule has 166 valence electrons. The summed E-state index contributed by atoms with van der Waals surface area (Å²) < 4.78 is 5.33. The number of rotatable bonds is 8. The Labute approximate surface area is 186 Å².